The summed E-state index contributed by atoms with van der Waals surface area (Å²) < 4.78 is 46.2. The first-order valence-electron chi connectivity index (χ1n) is 7.96. The minimum absolute atomic E-state index is 0.166. The molecule has 0 unspecified atom stereocenters. The molecule has 0 radical (unpaired) electrons. The van der Waals surface area contributed by atoms with Crippen molar-refractivity contribution in [2.24, 2.45) is 7.05 Å². The molecular weight excluding hydrogens is 349 g/mol. The highest BCUT2D eigenvalue weighted by molar-refractivity contribution is 5.96. The molecule has 0 saturated carbocycles. The summed E-state index contributed by atoms with van der Waals surface area (Å²) in [6.45, 7) is 2.09. The fourth-order valence-electron chi connectivity index (χ4n) is 2.76. The van der Waals surface area contributed by atoms with Crippen LogP contribution in [-0.4, -0.2) is 34.6 Å². The second-order valence-electron chi connectivity index (χ2n) is 6.22. The number of ether oxygens (including phenoxy) is 1. The Hall–Kier alpha value is -2.77. The minimum Gasteiger partial charge on any atom is -0.486 e. The smallest absolute Gasteiger partial charge is 0.417 e. The number of aryl methyl sites for hydroxylation is 1. The molecule has 2 heterocycles. The van der Waals surface area contributed by atoms with Gasteiger partial charge in [0.1, 0.15) is 11.9 Å². The topological polar surface area (TPSA) is 51.5 Å². The van der Waals surface area contributed by atoms with Crippen LogP contribution < -0.4 is 10.3 Å². The average Bonchev–Trinajstić information content (AvgIpc) is 2.54. The zero-order valence-corrected chi connectivity index (χ0v) is 14.2. The Labute approximate surface area is 147 Å². The molecule has 138 valence electrons. The molecular formula is C18H17F3N2O3. The van der Waals surface area contributed by atoms with Crippen LogP contribution in [-0.2, 0) is 13.2 Å². The first kappa shape index (κ1) is 18.0. The molecule has 1 aliphatic rings. The fourth-order valence-corrected chi connectivity index (χ4v) is 2.76. The summed E-state index contributed by atoms with van der Waals surface area (Å²) in [5.41, 5.74) is -0.815. The van der Waals surface area contributed by atoms with Gasteiger partial charge < -0.3 is 14.2 Å². The average molecular weight is 366 g/mol. The lowest BCUT2D eigenvalue weighted by atomic mass is 10.0. The van der Waals surface area contributed by atoms with Crippen LogP contribution in [0.5, 0.6) is 5.75 Å². The lowest BCUT2D eigenvalue weighted by Gasteiger charge is -2.39. The molecule has 2 aromatic rings. The molecule has 8 heteroatoms. The van der Waals surface area contributed by atoms with E-state index in [4.69, 9.17) is 4.74 Å². The highest BCUT2D eigenvalue weighted by Crippen LogP contribution is 2.33. The zero-order chi connectivity index (χ0) is 19.1. The van der Waals surface area contributed by atoms with Crippen LogP contribution in [0.25, 0.3) is 0 Å². The van der Waals surface area contributed by atoms with Crippen molar-refractivity contribution in [1.82, 2.24) is 9.47 Å². The lowest BCUT2D eigenvalue weighted by molar-refractivity contribution is -0.138. The number of alkyl halides is 3. The van der Waals surface area contributed by atoms with Gasteiger partial charge in [-0.05, 0) is 25.1 Å². The van der Waals surface area contributed by atoms with E-state index in [9.17, 15) is 22.8 Å². The van der Waals surface area contributed by atoms with Gasteiger partial charge in [0.05, 0.1) is 24.2 Å². The van der Waals surface area contributed by atoms with Gasteiger partial charge in [-0.1, -0.05) is 12.1 Å². The van der Waals surface area contributed by atoms with E-state index >= 15 is 0 Å². The highest BCUT2D eigenvalue weighted by Gasteiger charge is 2.39. The van der Waals surface area contributed by atoms with Crippen molar-refractivity contribution in [3.63, 3.8) is 0 Å². The highest BCUT2D eigenvalue weighted by atomic mass is 19.4. The normalized spacial score (nSPS) is 14.9. The number of hydrogen-bond donors (Lipinski definition) is 0. The van der Waals surface area contributed by atoms with Gasteiger partial charge in [0.15, 0.2) is 0 Å². The molecule has 1 saturated heterocycles. The largest absolute Gasteiger partial charge is 0.486 e. The molecule has 1 amide bonds. The Morgan fingerprint density at radius 1 is 1.19 bits per heavy atom. The second-order valence-corrected chi connectivity index (χ2v) is 6.22. The third-order valence-corrected chi connectivity index (χ3v) is 4.38. The summed E-state index contributed by atoms with van der Waals surface area (Å²) in [5.74, 6) is -0.295. The Morgan fingerprint density at radius 3 is 2.46 bits per heavy atom. The Kier molecular flexibility index (Phi) is 4.52. The number of nitrogens with zero attached hydrogens (tertiary/aromatic N) is 2. The van der Waals surface area contributed by atoms with Crippen LogP contribution in [0.2, 0.25) is 0 Å². The van der Waals surface area contributed by atoms with Crippen molar-refractivity contribution in [2.45, 2.75) is 19.2 Å². The number of halogens is 3. The number of pyridine rings is 1. The molecule has 0 atom stereocenters. The second kappa shape index (κ2) is 6.51. The number of benzene rings is 1. The van der Waals surface area contributed by atoms with Gasteiger partial charge in [-0.15, -0.1) is 0 Å². The summed E-state index contributed by atoms with van der Waals surface area (Å²) in [6.07, 6.45) is -4.95. The molecule has 3 rings (SSSR count). The maximum atomic E-state index is 13.0. The van der Waals surface area contributed by atoms with Gasteiger partial charge in [0.25, 0.3) is 11.5 Å². The van der Waals surface area contributed by atoms with Gasteiger partial charge >= 0.3 is 6.18 Å². The maximum Gasteiger partial charge on any atom is 0.417 e. The van der Waals surface area contributed by atoms with E-state index in [-0.39, 0.29) is 30.3 Å². The van der Waals surface area contributed by atoms with Crippen LogP contribution in [0.15, 0.2) is 41.2 Å². The van der Waals surface area contributed by atoms with Crippen molar-refractivity contribution in [2.75, 3.05) is 13.1 Å². The summed E-state index contributed by atoms with van der Waals surface area (Å²) >= 11 is 0. The third-order valence-electron chi connectivity index (χ3n) is 4.38. The molecule has 1 aliphatic heterocycles. The number of rotatable bonds is 3. The van der Waals surface area contributed by atoms with Gasteiger partial charge in [0, 0.05) is 18.8 Å². The molecule has 0 N–H and O–H groups in total. The predicted octanol–water partition coefficient (Wildman–Crippen LogP) is 2.62. The first-order valence-corrected chi connectivity index (χ1v) is 7.96. The maximum absolute atomic E-state index is 13.0. The SMILES string of the molecule is Cc1cc(OC2CN(C(=O)c3ccccc3C(F)(F)F)C2)cc(=O)n1C. The number of likely N-dealkylation sites (tertiary alicyclic amines) is 1. The molecule has 5 nitrogen and oxygen atoms in total. The summed E-state index contributed by atoms with van der Waals surface area (Å²) in [6, 6.07) is 7.76. The van der Waals surface area contributed by atoms with E-state index in [0.717, 1.165) is 11.8 Å². The predicted molar refractivity (Wildman–Crippen MR) is 88.2 cm³/mol. The number of hydrogen-bond acceptors (Lipinski definition) is 3. The van der Waals surface area contributed by atoms with E-state index in [1.54, 1.807) is 20.0 Å². The van der Waals surface area contributed by atoms with Gasteiger partial charge in [-0.3, -0.25) is 9.59 Å². The van der Waals surface area contributed by atoms with Crippen molar-refractivity contribution >= 4 is 5.91 Å². The van der Waals surface area contributed by atoms with Crippen molar-refractivity contribution in [3.05, 3.63) is 63.6 Å². The van der Waals surface area contributed by atoms with E-state index in [2.05, 4.69) is 0 Å². The Morgan fingerprint density at radius 2 is 1.85 bits per heavy atom. The molecule has 1 aromatic carbocycles. The molecule has 0 bridgehead atoms. The molecule has 0 aliphatic carbocycles. The van der Waals surface area contributed by atoms with Crippen LogP contribution in [0.1, 0.15) is 21.6 Å². The zero-order valence-electron chi connectivity index (χ0n) is 14.2. The number of carbonyl (C=O) groups excluding carboxylic acids is 1. The van der Waals surface area contributed by atoms with Crippen molar-refractivity contribution < 1.29 is 22.7 Å². The van der Waals surface area contributed by atoms with Crippen LogP contribution in [0.4, 0.5) is 13.2 Å². The fraction of sp³-hybridized carbons (Fsp3) is 0.333. The van der Waals surface area contributed by atoms with Gasteiger partial charge in [-0.2, -0.15) is 13.2 Å². The van der Waals surface area contributed by atoms with Crippen LogP contribution >= 0.6 is 0 Å². The van der Waals surface area contributed by atoms with Crippen LogP contribution in [0, 0.1) is 6.92 Å². The van der Waals surface area contributed by atoms with E-state index in [1.165, 1.54) is 33.7 Å². The van der Waals surface area contributed by atoms with E-state index < -0.39 is 17.6 Å². The molecule has 0 spiro atoms. The quantitative estimate of drug-likeness (QED) is 0.839. The van der Waals surface area contributed by atoms with Crippen LogP contribution in [0.3, 0.4) is 0 Å². The summed E-state index contributed by atoms with van der Waals surface area (Å²) in [7, 11) is 1.64. The molecule has 1 fully saturated rings. The molecule has 1 aromatic heterocycles. The number of aromatic nitrogens is 1. The Bertz CT molecular complexity index is 899. The molecule has 26 heavy (non-hydrogen) atoms. The number of carbonyl (C=O) groups is 1. The Balaban J connectivity index is 1.68. The van der Waals surface area contributed by atoms with Gasteiger partial charge in [0.2, 0.25) is 0 Å². The van der Waals surface area contributed by atoms with Crippen molar-refractivity contribution in [3.8, 4) is 5.75 Å². The lowest BCUT2D eigenvalue weighted by Crippen LogP contribution is -2.56. The standard InChI is InChI=1S/C18H17F3N2O3/c1-11-7-12(8-16(24)22(11)2)26-13-9-23(10-13)17(25)14-5-3-4-6-15(14)18(19,20)21/h3-8,13H,9-10H2,1-2H3. The third kappa shape index (κ3) is 3.44. The first-order chi connectivity index (χ1) is 12.2. The van der Waals surface area contributed by atoms with E-state index in [0.29, 0.717) is 5.75 Å². The minimum atomic E-state index is -4.59. The summed E-state index contributed by atoms with van der Waals surface area (Å²) in [5, 5.41) is 0. The van der Waals surface area contributed by atoms with Gasteiger partial charge in [-0.25, -0.2) is 0 Å². The van der Waals surface area contributed by atoms with Crippen molar-refractivity contribution in [1.29, 1.82) is 0 Å². The number of amides is 1. The monoisotopic (exact) mass is 366 g/mol. The van der Waals surface area contributed by atoms with E-state index in [1.807, 2.05) is 0 Å². The summed E-state index contributed by atoms with van der Waals surface area (Å²) in [4.78, 5) is 25.4.